The third-order valence-corrected chi connectivity index (χ3v) is 5.22. The number of nitrogens with two attached hydrogens (primary N) is 1. The van der Waals surface area contributed by atoms with E-state index < -0.39 is 10.0 Å². The highest BCUT2D eigenvalue weighted by Crippen LogP contribution is 2.24. The molecule has 0 saturated carbocycles. The van der Waals surface area contributed by atoms with E-state index in [9.17, 15) is 8.42 Å². The van der Waals surface area contributed by atoms with Crippen molar-refractivity contribution in [3.8, 4) is 0 Å². The van der Waals surface area contributed by atoms with Gasteiger partial charge in [-0.05, 0) is 31.4 Å². The van der Waals surface area contributed by atoms with Crippen LogP contribution in [0.2, 0.25) is 0 Å². The number of hydrogen-bond donors (Lipinski definition) is 2. The van der Waals surface area contributed by atoms with Crippen LogP contribution in [0.25, 0.3) is 0 Å². The van der Waals surface area contributed by atoms with Crippen molar-refractivity contribution in [3.63, 3.8) is 0 Å². The summed E-state index contributed by atoms with van der Waals surface area (Å²) in [6.45, 7) is 2.91. The van der Waals surface area contributed by atoms with E-state index in [1.807, 2.05) is 0 Å². The van der Waals surface area contributed by atoms with Crippen LogP contribution in [0, 0.1) is 12.3 Å². The number of benzene rings is 1. The van der Waals surface area contributed by atoms with Crippen molar-refractivity contribution in [2.24, 2.45) is 5.73 Å². The van der Waals surface area contributed by atoms with E-state index in [2.05, 4.69) is 0 Å². The zero-order chi connectivity index (χ0) is 13.3. The highest BCUT2D eigenvalue weighted by Gasteiger charge is 2.28. The summed E-state index contributed by atoms with van der Waals surface area (Å²) in [6.07, 6.45) is 1.81. The maximum atomic E-state index is 12.4. The Kier molecular flexibility index (Phi) is 3.41. The molecular weight excluding hydrogens is 250 g/mol. The Labute approximate surface area is 107 Å². The number of sulfonamides is 1. The first-order valence-corrected chi connectivity index (χ1v) is 7.32. The average Bonchev–Trinajstić information content (AvgIpc) is 2.82. The lowest BCUT2D eigenvalue weighted by molar-refractivity contribution is 0.477. The molecule has 0 atom stereocenters. The average molecular weight is 267 g/mol. The second kappa shape index (κ2) is 4.70. The van der Waals surface area contributed by atoms with E-state index >= 15 is 0 Å². The number of nitrogens with zero attached hydrogens (tertiary/aromatic N) is 1. The second-order valence-electron chi connectivity index (χ2n) is 4.51. The summed E-state index contributed by atoms with van der Waals surface area (Å²) in [5.74, 6) is -0.118. The molecule has 0 radical (unpaired) electrons. The van der Waals surface area contributed by atoms with Crippen LogP contribution in [0.15, 0.2) is 23.1 Å². The maximum Gasteiger partial charge on any atom is 0.243 e. The fraction of sp³-hybridized carbons (Fsp3) is 0.417. The summed E-state index contributed by atoms with van der Waals surface area (Å²) in [5, 5.41) is 7.39. The summed E-state index contributed by atoms with van der Waals surface area (Å²) in [5.41, 5.74) is 6.53. The minimum Gasteiger partial charge on any atom is -0.384 e. The zero-order valence-corrected chi connectivity index (χ0v) is 11.1. The molecule has 0 spiro atoms. The van der Waals surface area contributed by atoms with E-state index in [1.165, 1.54) is 10.4 Å². The van der Waals surface area contributed by atoms with Gasteiger partial charge in [0, 0.05) is 18.7 Å². The third kappa shape index (κ3) is 2.26. The number of amidine groups is 1. The van der Waals surface area contributed by atoms with E-state index in [1.54, 1.807) is 19.1 Å². The summed E-state index contributed by atoms with van der Waals surface area (Å²) in [7, 11) is -3.44. The smallest absolute Gasteiger partial charge is 0.243 e. The molecule has 1 aliphatic heterocycles. The lowest BCUT2D eigenvalue weighted by atomic mass is 10.1. The molecular formula is C12H17N3O2S. The van der Waals surface area contributed by atoms with Gasteiger partial charge in [-0.3, -0.25) is 5.41 Å². The Morgan fingerprint density at radius 3 is 2.50 bits per heavy atom. The zero-order valence-electron chi connectivity index (χ0n) is 10.3. The van der Waals surface area contributed by atoms with Crippen molar-refractivity contribution in [2.45, 2.75) is 24.7 Å². The van der Waals surface area contributed by atoms with Gasteiger partial charge in [-0.1, -0.05) is 12.1 Å². The van der Waals surface area contributed by atoms with Gasteiger partial charge >= 0.3 is 0 Å². The predicted octanol–water partition coefficient (Wildman–Crippen LogP) is 1.06. The standard InChI is InChI=1S/C12H17N3O2S/c1-9-4-5-10(12(13)14)8-11(9)18(16,17)15-6-2-3-7-15/h4-5,8H,2-3,6-7H2,1H3,(H3,13,14). The van der Waals surface area contributed by atoms with Crippen molar-refractivity contribution in [2.75, 3.05) is 13.1 Å². The summed E-state index contributed by atoms with van der Waals surface area (Å²) >= 11 is 0. The lowest BCUT2D eigenvalue weighted by Gasteiger charge is -2.17. The van der Waals surface area contributed by atoms with Crippen molar-refractivity contribution < 1.29 is 8.42 Å². The van der Waals surface area contributed by atoms with Crippen molar-refractivity contribution in [1.29, 1.82) is 5.41 Å². The minimum absolute atomic E-state index is 0.118. The maximum absolute atomic E-state index is 12.4. The van der Waals surface area contributed by atoms with Gasteiger partial charge in [0.05, 0.1) is 4.90 Å². The molecule has 0 aliphatic carbocycles. The first kappa shape index (κ1) is 13.0. The molecule has 0 unspecified atom stereocenters. The van der Waals surface area contributed by atoms with Gasteiger partial charge in [-0.25, -0.2) is 8.42 Å². The van der Waals surface area contributed by atoms with Crippen LogP contribution in [0.1, 0.15) is 24.0 Å². The molecule has 1 aliphatic rings. The number of nitrogen functional groups attached to an aromatic ring is 1. The molecule has 0 bridgehead atoms. The monoisotopic (exact) mass is 267 g/mol. The SMILES string of the molecule is Cc1ccc(C(=N)N)cc1S(=O)(=O)N1CCCC1. The Morgan fingerprint density at radius 1 is 1.33 bits per heavy atom. The Hall–Kier alpha value is -1.40. The first-order valence-electron chi connectivity index (χ1n) is 5.88. The largest absolute Gasteiger partial charge is 0.384 e. The molecule has 3 N–H and O–H groups in total. The predicted molar refractivity (Wildman–Crippen MR) is 70.2 cm³/mol. The summed E-state index contributed by atoms with van der Waals surface area (Å²) in [4.78, 5) is 0.261. The Bertz CT molecular complexity index is 575. The molecule has 1 saturated heterocycles. The van der Waals surface area contributed by atoms with Crippen molar-refractivity contribution in [3.05, 3.63) is 29.3 Å². The van der Waals surface area contributed by atoms with Gasteiger partial charge in [0.2, 0.25) is 10.0 Å². The van der Waals surface area contributed by atoms with Gasteiger partial charge in [0.1, 0.15) is 5.84 Å². The molecule has 18 heavy (non-hydrogen) atoms. The van der Waals surface area contributed by atoms with Crippen LogP contribution in [0.5, 0.6) is 0 Å². The van der Waals surface area contributed by atoms with E-state index in [-0.39, 0.29) is 10.7 Å². The van der Waals surface area contributed by atoms with Crippen LogP contribution in [0.4, 0.5) is 0 Å². The topological polar surface area (TPSA) is 87.2 Å². The number of rotatable bonds is 3. The van der Waals surface area contributed by atoms with Crippen LogP contribution >= 0.6 is 0 Å². The van der Waals surface area contributed by atoms with Gasteiger partial charge in [-0.2, -0.15) is 4.31 Å². The molecule has 98 valence electrons. The minimum atomic E-state index is -3.44. The first-order chi connectivity index (χ1) is 8.43. The summed E-state index contributed by atoms with van der Waals surface area (Å²) in [6, 6.07) is 4.85. The van der Waals surface area contributed by atoms with Crippen LogP contribution < -0.4 is 5.73 Å². The molecule has 0 amide bonds. The van der Waals surface area contributed by atoms with E-state index in [4.69, 9.17) is 11.1 Å². The third-order valence-electron chi connectivity index (χ3n) is 3.18. The van der Waals surface area contributed by atoms with Crippen LogP contribution in [-0.4, -0.2) is 31.6 Å². The van der Waals surface area contributed by atoms with Crippen LogP contribution in [-0.2, 0) is 10.0 Å². The number of hydrogen-bond acceptors (Lipinski definition) is 3. The van der Waals surface area contributed by atoms with Crippen molar-refractivity contribution in [1.82, 2.24) is 4.31 Å². The fourth-order valence-electron chi connectivity index (χ4n) is 2.11. The second-order valence-corrected chi connectivity index (χ2v) is 6.41. The Balaban J connectivity index is 2.49. The molecule has 0 aromatic heterocycles. The Morgan fingerprint density at radius 2 is 1.94 bits per heavy atom. The number of nitrogens with one attached hydrogen (secondary N) is 1. The highest BCUT2D eigenvalue weighted by molar-refractivity contribution is 7.89. The summed E-state index contributed by atoms with van der Waals surface area (Å²) < 4.78 is 26.4. The van der Waals surface area contributed by atoms with Gasteiger partial charge < -0.3 is 5.73 Å². The van der Waals surface area contributed by atoms with E-state index in [0.29, 0.717) is 24.2 Å². The fourth-order valence-corrected chi connectivity index (χ4v) is 3.88. The van der Waals surface area contributed by atoms with Crippen LogP contribution in [0.3, 0.4) is 0 Å². The van der Waals surface area contributed by atoms with E-state index in [0.717, 1.165) is 12.8 Å². The number of aryl methyl sites for hydroxylation is 1. The molecule has 6 heteroatoms. The highest BCUT2D eigenvalue weighted by atomic mass is 32.2. The molecule has 5 nitrogen and oxygen atoms in total. The molecule has 1 heterocycles. The quantitative estimate of drug-likeness (QED) is 0.634. The van der Waals surface area contributed by atoms with Crippen molar-refractivity contribution >= 4 is 15.9 Å². The van der Waals surface area contributed by atoms with Gasteiger partial charge in [-0.15, -0.1) is 0 Å². The lowest BCUT2D eigenvalue weighted by Crippen LogP contribution is -2.28. The molecule has 1 aromatic rings. The van der Waals surface area contributed by atoms with Gasteiger partial charge in [0.15, 0.2) is 0 Å². The normalized spacial score (nSPS) is 16.9. The molecule has 2 rings (SSSR count). The molecule has 1 aromatic carbocycles. The molecule has 1 fully saturated rings. The van der Waals surface area contributed by atoms with Gasteiger partial charge in [0.25, 0.3) is 0 Å².